The molecule has 0 radical (unpaired) electrons. The quantitative estimate of drug-likeness (QED) is 0.671. The van der Waals surface area contributed by atoms with Gasteiger partial charge < -0.3 is 0 Å². The van der Waals surface area contributed by atoms with Crippen LogP contribution in [0.5, 0.6) is 0 Å². The number of carbonyl (C=O) groups excluding carboxylic acids is 2. The number of hydrogen-bond donors (Lipinski definition) is 1. The Kier molecular flexibility index (Phi) is 3.08. The fourth-order valence-electron chi connectivity index (χ4n) is 2.54. The molecule has 0 saturated carbocycles. The van der Waals surface area contributed by atoms with E-state index in [0.717, 1.165) is 5.56 Å². The highest BCUT2D eigenvalue weighted by molar-refractivity contribution is 6.10. The van der Waals surface area contributed by atoms with Crippen molar-refractivity contribution in [3.05, 3.63) is 71.3 Å². The Morgan fingerprint density at radius 2 is 1.60 bits per heavy atom. The summed E-state index contributed by atoms with van der Waals surface area (Å²) in [7, 11) is 0. The van der Waals surface area contributed by atoms with Crippen LogP contribution in [0.4, 0.5) is 0 Å². The second-order valence-electron chi connectivity index (χ2n) is 4.78. The molecular weight excluding hydrogens is 254 g/mol. The number of carbonyl (C=O) groups is 2. The van der Waals surface area contributed by atoms with Gasteiger partial charge in [-0.1, -0.05) is 48.5 Å². The van der Waals surface area contributed by atoms with Gasteiger partial charge in [-0.15, -0.1) is 0 Å². The summed E-state index contributed by atoms with van der Waals surface area (Å²) in [6, 6.07) is 16.5. The molecule has 1 aliphatic heterocycles. The second kappa shape index (κ2) is 4.90. The van der Waals surface area contributed by atoms with Gasteiger partial charge in [-0.05, 0) is 23.6 Å². The average Bonchev–Trinajstić information content (AvgIpc) is 2.50. The van der Waals surface area contributed by atoms with E-state index in [1.54, 1.807) is 24.3 Å². The van der Waals surface area contributed by atoms with Crippen LogP contribution in [0.3, 0.4) is 0 Å². The van der Waals surface area contributed by atoms with Crippen molar-refractivity contribution in [2.24, 2.45) is 0 Å². The third-order valence-corrected chi connectivity index (χ3v) is 3.55. The minimum atomic E-state index is -0.657. The van der Waals surface area contributed by atoms with Gasteiger partial charge in [0.1, 0.15) is 0 Å². The predicted molar refractivity (Wildman–Crippen MR) is 72.3 cm³/mol. The first kappa shape index (κ1) is 12.6. The molecule has 20 heavy (non-hydrogen) atoms. The van der Waals surface area contributed by atoms with E-state index in [-0.39, 0.29) is 5.06 Å². The number of amides is 2. The summed E-state index contributed by atoms with van der Waals surface area (Å²) in [5, 5.41) is 9.91. The molecular formula is C16H13NO3. The molecule has 0 aliphatic carbocycles. The summed E-state index contributed by atoms with van der Waals surface area (Å²) < 4.78 is 0. The summed E-state index contributed by atoms with van der Waals surface area (Å²) in [5.74, 6) is -1.76. The Morgan fingerprint density at radius 1 is 0.950 bits per heavy atom. The monoisotopic (exact) mass is 267 g/mol. The van der Waals surface area contributed by atoms with Gasteiger partial charge >= 0.3 is 0 Å². The topological polar surface area (TPSA) is 57.6 Å². The molecule has 2 aromatic rings. The molecule has 1 aliphatic rings. The Balaban J connectivity index is 2.03. The second-order valence-corrected chi connectivity index (χ2v) is 4.78. The molecule has 0 fully saturated rings. The van der Waals surface area contributed by atoms with Crippen molar-refractivity contribution < 1.29 is 14.8 Å². The average molecular weight is 267 g/mol. The Hall–Kier alpha value is -2.46. The minimum Gasteiger partial charge on any atom is -0.278 e. The summed E-state index contributed by atoms with van der Waals surface area (Å²) in [5.41, 5.74) is 2.05. The third kappa shape index (κ3) is 2.00. The third-order valence-electron chi connectivity index (χ3n) is 3.55. The van der Waals surface area contributed by atoms with E-state index in [4.69, 9.17) is 0 Å². The summed E-state index contributed by atoms with van der Waals surface area (Å²) in [6.45, 7) is 0. The Bertz CT molecular complexity index is 666. The molecule has 0 bridgehead atoms. The van der Waals surface area contributed by atoms with Crippen LogP contribution in [0.2, 0.25) is 0 Å². The molecule has 0 saturated heterocycles. The lowest BCUT2D eigenvalue weighted by atomic mass is 9.85. The predicted octanol–water partition coefficient (Wildman–Crippen LogP) is 2.38. The van der Waals surface area contributed by atoms with E-state index in [1.165, 1.54) is 0 Å². The highest BCUT2D eigenvalue weighted by atomic mass is 16.5. The molecule has 1 heterocycles. The largest absolute Gasteiger partial charge is 0.284 e. The van der Waals surface area contributed by atoms with Gasteiger partial charge in [-0.25, -0.2) is 0 Å². The molecule has 3 rings (SSSR count). The normalized spacial score (nSPS) is 18.1. The van der Waals surface area contributed by atoms with Crippen molar-refractivity contribution in [1.82, 2.24) is 5.06 Å². The maximum Gasteiger partial charge on any atom is 0.284 e. The first-order valence-electron chi connectivity index (χ1n) is 6.38. The zero-order valence-corrected chi connectivity index (χ0v) is 10.7. The molecule has 4 nitrogen and oxygen atoms in total. The molecule has 0 spiro atoms. The van der Waals surface area contributed by atoms with Crippen LogP contribution in [0, 0.1) is 0 Å². The zero-order chi connectivity index (χ0) is 14.1. The first-order chi connectivity index (χ1) is 9.68. The summed E-state index contributed by atoms with van der Waals surface area (Å²) in [4.78, 5) is 24.0. The Morgan fingerprint density at radius 3 is 2.35 bits per heavy atom. The van der Waals surface area contributed by atoms with Crippen LogP contribution in [0.15, 0.2) is 54.6 Å². The van der Waals surface area contributed by atoms with Gasteiger partial charge in [0.15, 0.2) is 0 Å². The number of imide groups is 1. The SMILES string of the molecule is O=C1c2ccccc2[C@@H](Cc2ccccc2)C(=O)N1O. The van der Waals surface area contributed by atoms with Crippen molar-refractivity contribution in [2.45, 2.75) is 12.3 Å². The number of hydrogen-bond acceptors (Lipinski definition) is 3. The zero-order valence-electron chi connectivity index (χ0n) is 10.7. The van der Waals surface area contributed by atoms with Crippen molar-refractivity contribution in [2.75, 3.05) is 0 Å². The van der Waals surface area contributed by atoms with E-state index >= 15 is 0 Å². The standard InChI is InChI=1S/C16H13NO3/c18-15-13-9-5-4-8-12(13)14(16(19)17(15)20)10-11-6-2-1-3-7-11/h1-9,14,20H,10H2/t14-/m1/s1. The lowest BCUT2D eigenvalue weighted by molar-refractivity contribution is -0.156. The summed E-state index contributed by atoms with van der Waals surface area (Å²) >= 11 is 0. The van der Waals surface area contributed by atoms with Gasteiger partial charge in [0.2, 0.25) is 0 Å². The van der Waals surface area contributed by atoms with Gasteiger partial charge in [0, 0.05) is 5.56 Å². The molecule has 1 N–H and O–H groups in total. The molecule has 4 heteroatoms. The van der Waals surface area contributed by atoms with Crippen molar-refractivity contribution in [1.29, 1.82) is 0 Å². The first-order valence-corrected chi connectivity index (χ1v) is 6.38. The number of rotatable bonds is 2. The smallest absolute Gasteiger partial charge is 0.278 e. The molecule has 0 aromatic heterocycles. The fourth-order valence-corrected chi connectivity index (χ4v) is 2.54. The van der Waals surface area contributed by atoms with E-state index in [1.807, 2.05) is 30.3 Å². The Labute approximate surface area is 116 Å². The molecule has 2 amide bonds. The van der Waals surface area contributed by atoms with E-state index in [2.05, 4.69) is 0 Å². The maximum absolute atomic E-state index is 12.2. The minimum absolute atomic E-state index is 0.232. The maximum atomic E-state index is 12.2. The number of nitrogens with zero attached hydrogens (tertiary/aromatic N) is 1. The van der Waals surface area contributed by atoms with Gasteiger partial charge in [0.25, 0.3) is 11.8 Å². The number of hydroxylamine groups is 2. The van der Waals surface area contributed by atoms with Crippen LogP contribution in [-0.2, 0) is 11.2 Å². The van der Waals surface area contributed by atoms with Crippen molar-refractivity contribution in [3.8, 4) is 0 Å². The van der Waals surface area contributed by atoms with Gasteiger partial charge in [-0.3, -0.25) is 14.8 Å². The van der Waals surface area contributed by atoms with Gasteiger partial charge in [0.05, 0.1) is 5.92 Å². The molecule has 100 valence electrons. The van der Waals surface area contributed by atoms with Crippen LogP contribution < -0.4 is 0 Å². The molecule has 2 aromatic carbocycles. The lowest BCUT2D eigenvalue weighted by Gasteiger charge is -2.28. The number of benzene rings is 2. The van der Waals surface area contributed by atoms with E-state index < -0.39 is 17.7 Å². The van der Waals surface area contributed by atoms with E-state index in [0.29, 0.717) is 17.5 Å². The highest BCUT2D eigenvalue weighted by Crippen LogP contribution is 2.31. The number of fused-ring (bicyclic) bond motifs is 1. The highest BCUT2D eigenvalue weighted by Gasteiger charge is 2.37. The summed E-state index contributed by atoms with van der Waals surface area (Å²) in [6.07, 6.45) is 0.459. The van der Waals surface area contributed by atoms with Gasteiger partial charge in [-0.2, -0.15) is 5.06 Å². The fraction of sp³-hybridized carbons (Fsp3) is 0.125. The van der Waals surface area contributed by atoms with E-state index in [9.17, 15) is 14.8 Å². The lowest BCUT2D eigenvalue weighted by Crippen LogP contribution is -2.43. The van der Waals surface area contributed by atoms with Crippen LogP contribution in [0.25, 0.3) is 0 Å². The van der Waals surface area contributed by atoms with Crippen LogP contribution >= 0.6 is 0 Å². The molecule has 1 atom stereocenters. The van der Waals surface area contributed by atoms with Crippen LogP contribution in [-0.4, -0.2) is 22.1 Å². The van der Waals surface area contributed by atoms with Crippen molar-refractivity contribution in [3.63, 3.8) is 0 Å². The van der Waals surface area contributed by atoms with Crippen molar-refractivity contribution >= 4 is 11.8 Å². The molecule has 0 unspecified atom stereocenters. The van der Waals surface area contributed by atoms with Crippen LogP contribution in [0.1, 0.15) is 27.4 Å².